The number of nitriles is 1. The molecule has 3 rings (SSSR count). The van der Waals surface area contributed by atoms with Crippen molar-refractivity contribution in [3.8, 4) is 11.8 Å². The minimum absolute atomic E-state index is 0.0678. The molecule has 1 fully saturated rings. The summed E-state index contributed by atoms with van der Waals surface area (Å²) in [5.41, 5.74) is 2.28. The van der Waals surface area contributed by atoms with Crippen LogP contribution in [0.4, 0.5) is 0 Å². The molecule has 0 bridgehead atoms. The van der Waals surface area contributed by atoms with Crippen LogP contribution in [0.2, 0.25) is 0 Å². The third-order valence-corrected chi connectivity index (χ3v) is 3.50. The highest BCUT2D eigenvalue weighted by Gasteiger charge is 2.31. The van der Waals surface area contributed by atoms with E-state index in [-0.39, 0.29) is 11.9 Å². The molecule has 1 aliphatic carbocycles. The first-order valence-electron chi connectivity index (χ1n) is 7.25. The lowest BCUT2D eigenvalue weighted by atomic mass is 10.0. The standard InChI is InChI=1S/C19H15NO2/c20-13-17(15-6-2-1-3-7-15)11-14-5-4-8-18(12-14)22-19(21)16-9-10-16/h1-8,11-12,16H,9-10H2/b17-11-. The highest BCUT2D eigenvalue weighted by atomic mass is 16.5. The van der Waals surface area contributed by atoms with Crippen molar-refractivity contribution < 1.29 is 9.53 Å². The summed E-state index contributed by atoms with van der Waals surface area (Å²) in [6.45, 7) is 0. The Hall–Kier alpha value is -2.86. The molecule has 0 N–H and O–H groups in total. The first kappa shape index (κ1) is 14.1. The van der Waals surface area contributed by atoms with E-state index in [1.165, 1.54) is 0 Å². The maximum atomic E-state index is 11.7. The van der Waals surface area contributed by atoms with E-state index in [4.69, 9.17) is 4.74 Å². The van der Waals surface area contributed by atoms with Crippen LogP contribution < -0.4 is 4.74 Å². The lowest BCUT2D eigenvalue weighted by molar-refractivity contribution is -0.135. The molecule has 0 spiro atoms. The predicted octanol–water partition coefficient (Wildman–Crippen LogP) is 4.07. The van der Waals surface area contributed by atoms with Crippen molar-refractivity contribution in [3.63, 3.8) is 0 Å². The molecule has 0 radical (unpaired) electrons. The zero-order valence-corrected chi connectivity index (χ0v) is 12.0. The highest BCUT2D eigenvalue weighted by molar-refractivity contribution is 5.89. The van der Waals surface area contributed by atoms with Crippen LogP contribution in [0.15, 0.2) is 54.6 Å². The number of hydrogen-bond donors (Lipinski definition) is 0. The van der Waals surface area contributed by atoms with E-state index in [0.717, 1.165) is 24.0 Å². The molecule has 2 aromatic carbocycles. The van der Waals surface area contributed by atoms with Crippen molar-refractivity contribution in [3.05, 3.63) is 65.7 Å². The second-order valence-corrected chi connectivity index (χ2v) is 5.30. The fourth-order valence-corrected chi connectivity index (χ4v) is 2.15. The van der Waals surface area contributed by atoms with E-state index < -0.39 is 0 Å². The monoisotopic (exact) mass is 289 g/mol. The summed E-state index contributed by atoms with van der Waals surface area (Å²) in [6, 6.07) is 18.9. The average molecular weight is 289 g/mol. The summed E-state index contributed by atoms with van der Waals surface area (Å²) in [5.74, 6) is 0.430. The second-order valence-electron chi connectivity index (χ2n) is 5.30. The Morgan fingerprint density at radius 3 is 2.59 bits per heavy atom. The Kier molecular flexibility index (Phi) is 4.02. The van der Waals surface area contributed by atoms with Gasteiger partial charge in [0.1, 0.15) is 5.75 Å². The minimum atomic E-state index is -0.162. The predicted molar refractivity (Wildman–Crippen MR) is 84.7 cm³/mol. The fourth-order valence-electron chi connectivity index (χ4n) is 2.15. The SMILES string of the molecule is N#C/C(=C/c1cccc(OC(=O)C2CC2)c1)c1ccccc1. The Bertz CT molecular complexity index is 753. The van der Waals surface area contributed by atoms with Crippen LogP contribution in [-0.4, -0.2) is 5.97 Å². The van der Waals surface area contributed by atoms with Crippen molar-refractivity contribution in [1.29, 1.82) is 5.26 Å². The van der Waals surface area contributed by atoms with Gasteiger partial charge in [-0.05, 0) is 42.2 Å². The van der Waals surface area contributed by atoms with Gasteiger partial charge >= 0.3 is 5.97 Å². The summed E-state index contributed by atoms with van der Waals surface area (Å²) < 4.78 is 5.35. The van der Waals surface area contributed by atoms with Crippen molar-refractivity contribution in [2.75, 3.05) is 0 Å². The zero-order chi connectivity index (χ0) is 15.4. The van der Waals surface area contributed by atoms with Crippen LogP contribution in [0.25, 0.3) is 11.6 Å². The molecule has 1 saturated carbocycles. The van der Waals surface area contributed by atoms with E-state index in [0.29, 0.717) is 11.3 Å². The molecule has 2 aromatic rings. The Labute approximate surface area is 129 Å². The topological polar surface area (TPSA) is 50.1 Å². The Morgan fingerprint density at radius 1 is 1.14 bits per heavy atom. The van der Waals surface area contributed by atoms with E-state index in [1.54, 1.807) is 18.2 Å². The maximum Gasteiger partial charge on any atom is 0.314 e. The molecule has 0 aromatic heterocycles. The summed E-state index contributed by atoms with van der Waals surface area (Å²) in [4.78, 5) is 11.7. The molecular formula is C19H15NO2. The van der Waals surface area contributed by atoms with Gasteiger partial charge in [-0.3, -0.25) is 4.79 Å². The van der Waals surface area contributed by atoms with E-state index in [9.17, 15) is 10.1 Å². The molecule has 0 heterocycles. The van der Waals surface area contributed by atoms with E-state index in [1.807, 2.05) is 42.5 Å². The molecule has 0 amide bonds. The van der Waals surface area contributed by atoms with Crippen LogP contribution >= 0.6 is 0 Å². The van der Waals surface area contributed by atoms with Crippen LogP contribution in [0.5, 0.6) is 5.75 Å². The summed E-state index contributed by atoms with van der Waals surface area (Å²) in [5, 5.41) is 9.33. The molecule has 22 heavy (non-hydrogen) atoms. The molecule has 108 valence electrons. The number of allylic oxidation sites excluding steroid dienone is 1. The van der Waals surface area contributed by atoms with Crippen LogP contribution in [-0.2, 0) is 4.79 Å². The fraction of sp³-hybridized carbons (Fsp3) is 0.158. The Morgan fingerprint density at radius 2 is 1.91 bits per heavy atom. The van der Waals surface area contributed by atoms with E-state index in [2.05, 4.69) is 6.07 Å². The van der Waals surface area contributed by atoms with Gasteiger partial charge in [0.2, 0.25) is 0 Å². The molecule has 3 heteroatoms. The number of carbonyl (C=O) groups excluding carboxylic acids is 1. The second kappa shape index (κ2) is 6.28. The van der Waals surface area contributed by atoms with Crippen molar-refractivity contribution in [1.82, 2.24) is 0 Å². The first-order valence-corrected chi connectivity index (χ1v) is 7.25. The van der Waals surface area contributed by atoms with Crippen molar-refractivity contribution in [2.45, 2.75) is 12.8 Å². The number of hydrogen-bond acceptors (Lipinski definition) is 3. The molecular weight excluding hydrogens is 274 g/mol. The van der Waals surface area contributed by atoms with Gasteiger partial charge in [0.25, 0.3) is 0 Å². The van der Waals surface area contributed by atoms with Gasteiger partial charge in [0.15, 0.2) is 0 Å². The quantitative estimate of drug-likeness (QED) is 0.369. The lowest BCUT2D eigenvalue weighted by Crippen LogP contribution is -2.09. The third-order valence-electron chi connectivity index (χ3n) is 3.50. The van der Waals surface area contributed by atoms with Gasteiger partial charge in [-0.2, -0.15) is 5.26 Å². The molecule has 1 aliphatic rings. The van der Waals surface area contributed by atoms with Gasteiger partial charge in [0.05, 0.1) is 17.6 Å². The molecule has 0 unspecified atom stereocenters. The number of rotatable bonds is 4. The number of benzene rings is 2. The molecule has 0 saturated heterocycles. The van der Waals surface area contributed by atoms with Crippen LogP contribution in [0.1, 0.15) is 24.0 Å². The van der Waals surface area contributed by atoms with Crippen LogP contribution in [0.3, 0.4) is 0 Å². The summed E-state index contributed by atoms with van der Waals surface area (Å²) >= 11 is 0. The van der Waals surface area contributed by atoms with Crippen molar-refractivity contribution >= 4 is 17.6 Å². The number of ether oxygens (including phenoxy) is 1. The van der Waals surface area contributed by atoms with Gasteiger partial charge in [-0.1, -0.05) is 42.5 Å². The number of carbonyl (C=O) groups is 1. The zero-order valence-electron chi connectivity index (χ0n) is 12.0. The van der Waals surface area contributed by atoms with Gasteiger partial charge in [-0.25, -0.2) is 0 Å². The first-order chi connectivity index (χ1) is 10.8. The molecule has 0 aliphatic heterocycles. The van der Waals surface area contributed by atoms with Gasteiger partial charge in [0, 0.05) is 0 Å². The molecule has 0 atom stereocenters. The normalized spacial score (nSPS) is 14.2. The largest absolute Gasteiger partial charge is 0.426 e. The number of esters is 1. The van der Waals surface area contributed by atoms with Crippen LogP contribution in [0, 0.1) is 17.2 Å². The van der Waals surface area contributed by atoms with E-state index >= 15 is 0 Å². The minimum Gasteiger partial charge on any atom is -0.426 e. The third kappa shape index (κ3) is 3.42. The summed E-state index contributed by atoms with van der Waals surface area (Å²) in [7, 11) is 0. The molecule has 3 nitrogen and oxygen atoms in total. The number of nitrogens with zero attached hydrogens (tertiary/aromatic N) is 1. The smallest absolute Gasteiger partial charge is 0.314 e. The Balaban J connectivity index is 1.83. The average Bonchev–Trinajstić information content (AvgIpc) is 3.39. The summed E-state index contributed by atoms with van der Waals surface area (Å²) in [6.07, 6.45) is 3.64. The van der Waals surface area contributed by atoms with Crippen molar-refractivity contribution in [2.24, 2.45) is 5.92 Å². The lowest BCUT2D eigenvalue weighted by Gasteiger charge is -2.04. The van der Waals surface area contributed by atoms with Gasteiger partial charge < -0.3 is 4.74 Å². The maximum absolute atomic E-state index is 11.7. The van der Waals surface area contributed by atoms with Gasteiger partial charge in [-0.15, -0.1) is 0 Å². The highest BCUT2D eigenvalue weighted by Crippen LogP contribution is 2.31.